The fourth-order valence-corrected chi connectivity index (χ4v) is 5.92. The summed E-state index contributed by atoms with van der Waals surface area (Å²) in [5, 5.41) is 0. The van der Waals surface area contributed by atoms with Gasteiger partial charge in [-0.3, -0.25) is 4.79 Å². The summed E-state index contributed by atoms with van der Waals surface area (Å²) in [5.41, 5.74) is 5.40. The van der Waals surface area contributed by atoms with Gasteiger partial charge in [0.15, 0.2) is 16.2 Å². The highest BCUT2D eigenvalue weighted by Crippen LogP contribution is 2.42. The minimum absolute atomic E-state index is 0.219. The summed E-state index contributed by atoms with van der Waals surface area (Å²) in [6.07, 6.45) is 2.49. The lowest BCUT2D eigenvalue weighted by Crippen LogP contribution is -2.51. The number of methoxy groups -OCH3 is 1. The molecule has 8 heteroatoms. The Labute approximate surface area is 201 Å². The summed E-state index contributed by atoms with van der Waals surface area (Å²) in [6, 6.07) is 12.2. The Kier molecular flexibility index (Phi) is 6.02. The van der Waals surface area contributed by atoms with Crippen LogP contribution in [0.1, 0.15) is 45.2 Å². The lowest BCUT2D eigenvalue weighted by molar-refractivity contribution is -0.142. The van der Waals surface area contributed by atoms with Gasteiger partial charge in [-0.2, -0.15) is 4.31 Å². The zero-order chi connectivity index (χ0) is 24.9. The molecule has 0 aromatic heterocycles. The molecule has 2 aliphatic heterocycles. The molecule has 0 radical (unpaired) electrons. The first kappa shape index (κ1) is 24.3. The van der Waals surface area contributed by atoms with Gasteiger partial charge in [-0.05, 0) is 67.2 Å². The number of aryl methyl sites for hydroxylation is 1. The Bertz CT molecular complexity index is 1280. The molecule has 7 nitrogen and oxygen atoms in total. The third-order valence-electron chi connectivity index (χ3n) is 6.40. The van der Waals surface area contributed by atoms with E-state index in [-0.39, 0.29) is 6.54 Å². The number of carbonyl (C=O) groups is 1. The van der Waals surface area contributed by atoms with Crippen LogP contribution in [0.15, 0.2) is 42.5 Å². The van der Waals surface area contributed by atoms with Gasteiger partial charge >= 0.3 is 5.97 Å². The number of rotatable bonds is 5. The Hall–Kier alpha value is -2.84. The predicted molar refractivity (Wildman–Crippen MR) is 131 cm³/mol. The van der Waals surface area contributed by atoms with Crippen LogP contribution in [0.5, 0.6) is 11.5 Å². The van der Waals surface area contributed by atoms with Crippen molar-refractivity contribution in [3.05, 3.63) is 53.6 Å². The van der Waals surface area contributed by atoms with Gasteiger partial charge in [-0.15, -0.1) is 0 Å². The fraction of sp³-hybridized carbons (Fsp3) is 0.423. The maximum absolute atomic E-state index is 13.0. The van der Waals surface area contributed by atoms with Gasteiger partial charge in [0.05, 0.1) is 7.11 Å². The molecule has 4 rings (SSSR count). The molecule has 0 bridgehead atoms. The minimum Gasteiger partial charge on any atom is -0.468 e. The van der Waals surface area contributed by atoms with Crippen molar-refractivity contribution in [1.29, 1.82) is 0 Å². The van der Waals surface area contributed by atoms with Crippen molar-refractivity contribution < 1.29 is 27.4 Å². The van der Waals surface area contributed by atoms with Crippen molar-refractivity contribution in [2.24, 2.45) is 0 Å². The first-order chi connectivity index (χ1) is 15.9. The summed E-state index contributed by atoms with van der Waals surface area (Å²) < 4.78 is 42.1. The van der Waals surface area contributed by atoms with E-state index in [1.54, 1.807) is 0 Å². The normalized spacial score (nSPS) is 17.9. The monoisotopic (exact) mass is 485 g/mol. The molecule has 2 aliphatic rings. The van der Waals surface area contributed by atoms with Crippen LogP contribution >= 0.6 is 0 Å². The molecule has 0 amide bonds. The second-order valence-corrected chi connectivity index (χ2v) is 12.1. The zero-order valence-corrected chi connectivity index (χ0v) is 21.3. The molecule has 2 heterocycles. The first-order valence-electron chi connectivity index (χ1n) is 11.3. The Morgan fingerprint density at radius 3 is 2.35 bits per heavy atom. The fourth-order valence-electron chi connectivity index (χ4n) is 4.38. The summed E-state index contributed by atoms with van der Waals surface area (Å²) >= 11 is 0. The minimum atomic E-state index is -3.85. The third-order valence-corrected chi connectivity index (χ3v) is 8.86. The molecular formula is C26H31NO6S. The zero-order valence-electron chi connectivity index (χ0n) is 20.5. The second-order valence-electron chi connectivity index (χ2n) is 9.64. The molecule has 2 aromatic carbocycles. The van der Waals surface area contributed by atoms with E-state index in [4.69, 9.17) is 14.2 Å². The summed E-state index contributed by atoms with van der Waals surface area (Å²) in [5.74, 6) is 0.0452. The summed E-state index contributed by atoms with van der Waals surface area (Å²) in [7, 11) is -2.65. The van der Waals surface area contributed by atoms with E-state index < -0.39 is 26.5 Å². The average Bonchev–Trinajstić information content (AvgIpc) is 3.11. The van der Waals surface area contributed by atoms with Crippen LogP contribution in [0, 0.1) is 6.92 Å². The van der Waals surface area contributed by atoms with Crippen LogP contribution in [0.3, 0.4) is 0 Å². The molecule has 0 spiro atoms. The van der Waals surface area contributed by atoms with Gasteiger partial charge in [-0.25, -0.2) is 8.42 Å². The van der Waals surface area contributed by atoms with Crippen molar-refractivity contribution in [1.82, 2.24) is 4.31 Å². The van der Waals surface area contributed by atoms with Gasteiger partial charge in [0.2, 0.25) is 15.8 Å². The van der Waals surface area contributed by atoms with Gasteiger partial charge in [0, 0.05) is 26.9 Å². The van der Waals surface area contributed by atoms with E-state index in [0.717, 1.165) is 39.3 Å². The Morgan fingerprint density at radius 1 is 1.06 bits per heavy atom. The standard InChI is InChI=1S/C26H31NO6S/c1-17-15-19(7-9-21(17)20-8-10-22-23(16-20)33-26(4,5)32-22)18-11-13-27(14-12-18)34(29,30)25(2,3)24(28)31-6/h7-11,15-16H,12-14H2,1-6H3. The first-order valence-corrected chi connectivity index (χ1v) is 12.7. The number of benzene rings is 2. The highest BCUT2D eigenvalue weighted by molar-refractivity contribution is 7.91. The number of sulfonamides is 1. The van der Waals surface area contributed by atoms with Gasteiger partial charge < -0.3 is 14.2 Å². The molecule has 182 valence electrons. The molecule has 34 heavy (non-hydrogen) atoms. The van der Waals surface area contributed by atoms with E-state index in [1.165, 1.54) is 25.3 Å². The summed E-state index contributed by atoms with van der Waals surface area (Å²) in [6.45, 7) is 9.12. The van der Waals surface area contributed by atoms with Crippen molar-refractivity contribution in [3.63, 3.8) is 0 Å². The average molecular weight is 486 g/mol. The van der Waals surface area contributed by atoms with Crippen molar-refractivity contribution in [2.75, 3.05) is 20.2 Å². The molecular weight excluding hydrogens is 454 g/mol. The summed E-state index contributed by atoms with van der Waals surface area (Å²) in [4.78, 5) is 12.0. The predicted octanol–water partition coefficient (Wildman–Crippen LogP) is 4.54. The topological polar surface area (TPSA) is 82.1 Å². The van der Waals surface area contributed by atoms with Crippen LogP contribution in [0.2, 0.25) is 0 Å². The molecule has 0 fully saturated rings. The highest BCUT2D eigenvalue weighted by atomic mass is 32.2. The number of carbonyl (C=O) groups excluding carboxylic acids is 1. The number of hydrogen-bond acceptors (Lipinski definition) is 6. The third kappa shape index (κ3) is 4.20. The molecule has 0 atom stereocenters. The number of hydrogen-bond donors (Lipinski definition) is 0. The molecule has 0 aliphatic carbocycles. The number of esters is 1. The van der Waals surface area contributed by atoms with Crippen LogP contribution in [-0.2, 0) is 19.6 Å². The molecule has 0 saturated carbocycles. The van der Waals surface area contributed by atoms with Crippen LogP contribution in [-0.4, -0.2) is 49.4 Å². The maximum atomic E-state index is 13.0. The van der Waals surface area contributed by atoms with Gasteiger partial charge in [0.1, 0.15) is 0 Å². The second kappa shape index (κ2) is 8.43. The Balaban J connectivity index is 1.54. The molecule has 2 aromatic rings. The van der Waals surface area contributed by atoms with Crippen LogP contribution in [0.25, 0.3) is 16.7 Å². The molecule has 0 unspecified atom stereocenters. The molecule has 0 N–H and O–H groups in total. The van der Waals surface area contributed by atoms with E-state index in [9.17, 15) is 13.2 Å². The van der Waals surface area contributed by atoms with Crippen LogP contribution in [0.4, 0.5) is 0 Å². The maximum Gasteiger partial charge on any atom is 0.328 e. The lowest BCUT2D eigenvalue weighted by Gasteiger charge is -2.32. The number of ether oxygens (including phenoxy) is 3. The van der Waals surface area contributed by atoms with Gasteiger partial charge in [0.25, 0.3) is 0 Å². The quantitative estimate of drug-likeness (QED) is 0.579. The van der Waals surface area contributed by atoms with E-state index >= 15 is 0 Å². The van der Waals surface area contributed by atoms with Crippen LogP contribution < -0.4 is 9.47 Å². The Morgan fingerprint density at radius 2 is 1.74 bits per heavy atom. The molecule has 0 saturated heterocycles. The number of nitrogens with zero attached hydrogens (tertiary/aromatic N) is 1. The number of fused-ring (bicyclic) bond motifs is 1. The van der Waals surface area contributed by atoms with Crippen molar-refractivity contribution >= 4 is 21.6 Å². The van der Waals surface area contributed by atoms with E-state index in [2.05, 4.69) is 25.1 Å². The SMILES string of the molecule is COC(=O)C(C)(C)S(=O)(=O)N1CC=C(c2ccc(-c3ccc4c(c3)OC(C)(C)O4)c(C)c2)CC1. The van der Waals surface area contributed by atoms with Crippen molar-refractivity contribution in [3.8, 4) is 22.6 Å². The van der Waals surface area contributed by atoms with E-state index in [0.29, 0.717) is 13.0 Å². The van der Waals surface area contributed by atoms with E-state index in [1.807, 2.05) is 38.1 Å². The lowest BCUT2D eigenvalue weighted by atomic mass is 9.93. The smallest absolute Gasteiger partial charge is 0.328 e. The van der Waals surface area contributed by atoms with Crippen molar-refractivity contribution in [2.45, 2.75) is 51.6 Å². The van der Waals surface area contributed by atoms with Gasteiger partial charge in [-0.1, -0.05) is 30.3 Å². The largest absolute Gasteiger partial charge is 0.468 e. The highest BCUT2D eigenvalue weighted by Gasteiger charge is 2.46.